The molecule has 0 radical (unpaired) electrons. The molecule has 0 atom stereocenters. The summed E-state index contributed by atoms with van der Waals surface area (Å²) in [6, 6.07) is 35.4. The van der Waals surface area contributed by atoms with Crippen molar-refractivity contribution in [1.29, 1.82) is 0 Å². The van der Waals surface area contributed by atoms with E-state index in [0.29, 0.717) is 6.42 Å². The molecule has 4 aromatic carbocycles. The molecule has 1 aromatic heterocycles. The summed E-state index contributed by atoms with van der Waals surface area (Å²) in [6.45, 7) is 16.3. The molecule has 0 unspecified atom stereocenters. The van der Waals surface area contributed by atoms with Crippen molar-refractivity contribution in [2.75, 3.05) is 44.7 Å². The number of nitrogens with zero attached hydrogens (tertiary/aromatic N) is 4. The lowest BCUT2D eigenvalue weighted by Crippen LogP contribution is -2.42. The average molecular weight is 925 g/mol. The Morgan fingerprint density at radius 2 is 1.39 bits per heavy atom. The number of hydrogen-bond acceptors (Lipinski definition) is 4. The lowest BCUT2D eigenvalue weighted by atomic mass is 9.81. The van der Waals surface area contributed by atoms with Gasteiger partial charge in [0.1, 0.15) is 7.05 Å². The Labute approximate surface area is 413 Å². The van der Waals surface area contributed by atoms with Crippen molar-refractivity contribution >= 4 is 33.9 Å². The summed E-state index contributed by atoms with van der Waals surface area (Å²) >= 11 is 0. The number of allylic oxidation sites excluding steroid dienone is 6. The number of para-hydroxylation sites is 3. The van der Waals surface area contributed by atoms with Gasteiger partial charge in [0, 0.05) is 90.7 Å². The normalized spacial score (nSPS) is 18.6. The fourth-order valence-electron chi connectivity index (χ4n) is 12.1. The molecule has 1 fully saturated rings. The van der Waals surface area contributed by atoms with Crippen molar-refractivity contribution in [3.8, 4) is 0 Å². The monoisotopic (exact) mass is 925 g/mol. The highest BCUT2D eigenvalue weighted by molar-refractivity contribution is 6.03. The number of piperidine rings is 1. The third-order valence-corrected chi connectivity index (χ3v) is 16.1. The van der Waals surface area contributed by atoms with Crippen LogP contribution >= 0.6 is 0 Å². The number of anilines is 1. The molecule has 4 aliphatic heterocycles. The fraction of sp³-hybridized carbons (Fsp3) is 0.452. The molecule has 0 saturated carbocycles. The van der Waals surface area contributed by atoms with Crippen molar-refractivity contribution in [2.24, 2.45) is 0 Å². The molecule has 7 heteroatoms. The molecule has 1 N–H and O–H groups in total. The van der Waals surface area contributed by atoms with Gasteiger partial charge < -0.3 is 24.4 Å². The van der Waals surface area contributed by atoms with E-state index < -0.39 is 0 Å². The van der Waals surface area contributed by atoms with Crippen LogP contribution in [0, 0.1) is 0 Å². The number of fused-ring (bicyclic) bond motifs is 5. The quantitative estimate of drug-likeness (QED) is 0.0453. The van der Waals surface area contributed by atoms with Crippen LogP contribution in [-0.2, 0) is 45.5 Å². The van der Waals surface area contributed by atoms with Crippen LogP contribution in [0.15, 0.2) is 139 Å². The molecule has 1 amide bonds. The predicted octanol–water partition coefficient (Wildman–Crippen LogP) is 13.2. The second-order valence-electron chi connectivity index (χ2n) is 21.4. The smallest absolute Gasteiger partial charge is 0.219 e. The molecule has 1 spiro atoms. The Morgan fingerprint density at radius 3 is 2.23 bits per heavy atom. The topological polar surface area (TPSA) is 52.8 Å². The standard InChI is InChI=1S/C62H77N5O2/c1-60(2)52-30-16-19-33-55(52)64(5)57(60)35-10-8-11-36-58-61(3,4)53-31-17-20-34-56(53)67(58)43-24-9-12-37-59(68)63-40-22-6-7-23-42-66-46-48(50-28-14-18-32-54(50)66)26-21-25-41-65-44-38-62(39-45-65)51-29-15-13-27-49(51)47-69-62/h8,10-11,13-20,27-36,46H,6-7,9,12,21-26,37-45,47H2,1-5H3/p+1. The lowest BCUT2D eigenvalue weighted by molar-refractivity contribution is -0.401. The molecule has 4 aliphatic rings. The second-order valence-corrected chi connectivity index (χ2v) is 21.4. The Bertz CT molecular complexity index is 2710. The molecule has 5 aromatic rings. The minimum Gasteiger partial charge on any atom is -0.365 e. The molecule has 7 nitrogen and oxygen atoms in total. The van der Waals surface area contributed by atoms with Gasteiger partial charge in [-0.15, -0.1) is 0 Å². The number of ether oxygens (including phenoxy) is 1. The van der Waals surface area contributed by atoms with E-state index in [2.05, 4.69) is 193 Å². The molecular formula is C62H78N5O2+. The van der Waals surface area contributed by atoms with Gasteiger partial charge in [0.05, 0.1) is 17.6 Å². The van der Waals surface area contributed by atoms with Gasteiger partial charge >= 0.3 is 0 Å². The maximum atomic E-state index is 12.8. The van der Waals surface area contributed by atoms with E-state index in [1.54, 1.807) is 0 Å². The molecule has 0 aliphatic carbocycles. The van der Waals surface area contributed by atoms with E-state index >= 15 is 0 Å². The number of aromatic nitrogens is 1. The van der Waals surface area contributed by atoms with E-state index in [4.69, 9.17) is 4.74 Å². The van der Waals surface area contributed by atoms with Crippen LogP contribution in [0.3, 0.4) is 0 Å². The SMILES string of the molecule is C[N+]1=C(C=CC=CC=C2N(CCCCCC(=O)NCCCCCCn3cc(CCCCN4CCC5(CC4)OCc4ccccc45)c4ccccc43)c3ccccc3C2(C)C)C(C)(C)c2ccccc21. The third-order valence-electron chi connectivity index (χ3n) is 16.1. The highest BCUT2D eigenvalue weighted by Gasteiger charge is 2.44. The van der Waals surface area contributed by atoms with E-state index in [9.17, 15) is 4.79 Å². The molecule has 1 saturated heterocycles. The van der Waals surface area contributed by atoms with Crippen molar-refractivity contribution in [3.63, 3.8) is 0 Å². The summed E-state index contributed by atoms with van der Waals surface area (Å²) in [5.41, 5.74) is 13.5. The van der Waals surface area contributed by atoms with E-state index in [1.807, 2.05) is 0 Å². The first-order valence-corrected chi connectivity index (χ1v) is 26.5. The van der Waals surface area contributed by atoms with Crippen LogP contribution in [0.4, 0.5) is 11.4 Å². The number of unbranched alkanes of at least 4 members (excludes halogenated alkanes) is 6. The number of carbonyl (C=O) groups is 1. The van der Waals surface area contributed by atoms with Crippen LogP contribution in [0.25, 0.3) is 10.9 Å². The number of nitrogens with one attached hydrogen (secondary N) is 1. The van der Waals surface area contributed by atoms with Gasteiger partial charge in [-0.25, -0.2) is 0 Å². The van der Waals surface area contributed by atoms with E-state index in [-0.39, 0.29) is 22.3 Å². The van der Waals surface area contributed by atoms with Gasteiger partial charge in [-0.05, 0) is 119 Å². The highest BCUT2D eigenvalue weighted by atomic mass is 16.5. The van der Waals surface area contributed by atoms with E-state index in [0.717, 1.165) is 97.1 Å². The van der Waals surface area contributed by atoms with Crippen molar-refractivity contribution < 1.29 is 14.1 Å². The van der Waals surface area contributed by atoms with Gasteiger partial charge in [0.15, 0.2) is 5.71 Å². The summed E-state index contributed by atoms with van der Waals surface area (Å²) in [7, 11) is 2.17. The zero-order chi connectivity index (χ0) is 47.9. The first kappa shape index (κ1) is 48.5. The Hall–Kier alpha value is -5.50. The van der Waals surface area contributed by atoms with Crippen molar-refractivity contribution in [1.82, 2.24) is 14.8 Å². The molecule has 0 bridgehead atoms. The zero-order valence-corrected chi connectivity index (χ0v) is 42.4. The van der Waals surface area contributed by atoms with Crippen LogP contribution in [0.5, 0.6) is 0 Å². The third kappa shape index (κ3) is 10.5. The molecule has 5 heterocycles. The number of likely N-dealkylation sites (tertiary alicyclic amines) is 1. The van der Waals surface area contributed by atoms with Gasteiger partial charge in [0.25, 0.3) is 0 Å². The minimum absolute atomic E-state index is 0.0350. The van der Waals surface area contributed by atoms with Crippen molar-refractivity contribution in [2.45, 2.75) is 141 Å². The summed E-state index contributed by atoms with van der Waals surface area (Å²) in [6.07, 6.45) is 27.4. The van der Waals surface area contributed by atoms with Gasteiger partial charge in [-0.2, -0.15) is 4.58 Å². The number of hydrogen-bond donors (Lipinski definition) is 1. The summed E-state index contributed by atoms with van der Waals surface area (Å²) in [4.78, 5) is 18.0. The predicted molar refractivity (Wildman–Crippen MR) is 287 cm³/mol. The van der Waals surface area contributed by atoms with Crippen LogP contribution in [0.2, 0.25) is 0 Å². The number of carbonyl (C=O) groups excluding carboxylic acids is 1. The van der Waals surface area contributed by atoms with Crippen LogP contribution in [0.1, 0.15) is 133 Å². The maximum Gasteiger partial charge on any atom is 0.219 e. The largest absolute Gasteiger partial charge is 0.365 e. The van der Waals surface area contributed by atoms with Crippen molar-refractivity contribution in [3.05, 3.63) is 167 Å². The van der Waals surface area contributed by atoms with E-state index in [1.165, 1.54) is 87.3 Å². The number of rotatable bonds is 21. The Morgan fingerprint density at radius 1 is 0.696 bits per heavy atom. The minimum atomic E-state index is -0.0898. The molecule has 69 heavy (non-hydrogen) atoms. The molecular weight excluding hydrogens is 847 g/mol. The summed E-state index contributed by atoms with van der Waals surface area (Å²) < 4.78 is 11.2. The lowest BCUT2D eigenvalue weighted by Gasteiger charge is -2.39. The van der Waals surface area contributed by atoms with Gasteiger partial charge in [0.2, 0.25) is 11.6 Å². The Balaban J connectivity index is 0.655. The zero-order valence-electron chi connectivity index (χ0n) is 42.4. The first-order chi connectivity index (χ1) is 33.6. The molecule has 362 valence electrons. The fourth-order valence-corrected chi connectivity index (χ4v) is 12.1. The maximum absolute atomic E-state index is 12.8. The Kier molecular flexibility index (Phi) is 15.2. The number of benzene rings is 4. The van der Waals surface area contributed by atoms with Crippen LogP contribution < -0.4 is 10.2 Å². The summed E-state index contributed by atoms with van der Waals surface area (Å²) in [5.74, 6) is 0.191. The summed E-state index contributed by atoms with van der Waals surface area (Å²) in [5, 5.41) is 4.63. The number of aryl methyl sites for hydroxylation is 2. The molecule has 9 rings (SSSR count). The first-order valence-electron chi connectivity index (χ1n) is 26.5. The van der Waals surface area contributed by atoms with Crippen LogP contribution in [-0.4, -0.2) is 65.4 Å². The number of amides is 1. The highest BCUT2D eigenvalue weighted by Crippen LogP contribution is 2.48. The van der Waals surface area contributed by atoms with Gasteiger partial charge in [-0.1, -0.05) is 130 Å². The second kappa shape index (κ2) is 21.6. The average Bonchev–Trinajstić information content (AvgIpc) is 4.02. The van der Waals surface area contributed by atoms with Gasteiger partial charge in [-0.3, -0.25) is 4.79 Å².